The monoisotopic (exact) mass is 281 g/mol. The third-order valence-corrected chi connectivity index (χ3v) is 3.49. The number of nitrogens with one attached hydrogen (secondary N) is 1. The first kappa shape index (κ1) is 14.5. The van der Waals surface area contributed by atoms with Crippen LogP contribution in [0.2, 0.25) is 0 Å². The summed E-state index contributed by atoms with van der Waals surface area (Å²) >= 11 is 0. The Morgan fingerprint density at radius 3 is 2.40 bits per heavy atom. The molecular formula is C14H19NO5. The van der Waals surface area contributed by atoms with Crippen LogP contribution < -0.4 is 19.5 Å². The number of carbonyl (C=O) groups is 1. The van der Waals surface area contributed by atoms with Crippen molar-refractivity contribution in [3.8, 4) is 17.2 Å². The highest BCUT2D eigenvalue weighted by atomic mass is 16.5. The van der Waals surface area contributed by atoms with Gasteiger partial charge in [0.25, 0.3) is 0 Å². The van der Waals surface area contributed by atoms with Gasteiger partial charge >= 0.3 is 5.97 Å². The number of benzene rings is 1. The molecule has 1 aliphatic heterocycles. The minimum atomic E-state index is -0.924. The maximum Gasteiger partial charge on any atom is 0.325 e. The Morgan fingerprint density at radius 2 is 1.90 bits per heavy atom. The molecule has 0 amide bonds. The lowest BCUT2D eigenvalue weighted by molar-refractivity contribution is -0.140. The average molecular weight is 281 g/mol. The lowest BCUT2D eigenvalue weighted by Gasteiger charge is -2.31. The summed E-state index contributed by atoms with van der Waals surface area (Å²) in [4.78, 5) is 11.4. The fourth-order valence-electron chi connectivity index (χ4n) is 2.65. The highest BCUT2D eigenvalue weighted by Crippen LogP contribution is 2.45. The minimum absolute atomic E-state index is 0.0376. The first-order valence-electron chi connectivity index (χ1n) is 6.34. The Bertz CT molecular complexity index is 529. The van der Waals surface area contributed by atoms with Crippen molar-refractivity contribution in [3.63, 3.8) is 0 Å². The Balaban J connectivity index is 2.69. The van der Waals surface area contributed by atoms with E-state index in [1.54, 1.807) is 13.2 Å². The Hall–Kier alpha value is -1.95. The topological polar surface area (TPSA) is 77.0 Å². The lowest BCUT2D eigenvalue weighted by atomic mass is 9.89. The van der Waals surface area contributed by atoms with Crippen LogP contribution in [0.25, 0.3) is 0 Å². The zero-order valence-electron chi connectivity index (χ0n) is 12.0. The second kappa shape index (κ2) is 5.58. The molecule has 2 rings (SSSR count). The molecule has 0 bridgehead atoms. The van der Waals surface area contributed by atoms with Crippen LogP contribution in [0.4, 0.5) is 0 Å². The van der Waals surface area contributed by atoms with E-state index in [-0.39, 0.29) is 6.04 Å². The van der Waals surface area contributed by atoms with Gasteiger partial charge in [0.1, 0.15) is 6.04 Å². The molecule has 2 unspecified atom stereocenters. The van der Waals surface area contributed by atoms with E-state index in [2.05, 4.69) is 5.32 Å². The summed E-state index contributed by atoms with van der Waals surface area (Å²) in [6, 6.07) is 0.965. The SMILES string of the molecule is COc1cc2c(c(OC)c1OC)CC(C)NC2C(=O)O. The largest absolute Gasteiger partial charge is 0.493 e. The zero-order valence-corrected chi connectivity index (χ0v) is 12.0. The molecule has 1 aliphatic rings. The normalized spacial score (nSPS) is 21.0. The smallest absolute Gasteiger partial charge is 0.325 e. The zero-order chi connectivity index (χ0) is 14.9. The number of hydrogen-bond donors (Lipinski definition) is 2. The van der Waals surface area contributed by atoms with Gasteiger partial charge in [0.2, 0.25) is 5.75 Å². The van der Waals surface area contributed by atoms with E-state index < -0.39 is 12.0 Å². The van der Waals surface area contributed by atoms with Crippen LogP contribution in [0.5, 0.6) is 17.2 Å². The van der Waals surface area contributed by atoms with Crippen molar-refractivity contribution >= 4 is 5.97 Å². The van der Waals surface area contributed by atoms with Crippen LogP contribution >= 0.6 is 0 Å². The van der Waals surface area contributed by atoms with Gasteiger partial charge in [-0.3, -0.25) is 10.1 Å². The molecule has 1 aromatic carbocycles. The molecule has 0 aromatic heterocycles. The summed E-state index contributed by atoms with van der Waals surface area (Å²) in [6.07, 6.45) is 0.669. The van der Waals surface area contributed by atoms with E-state index in [0.29, 0.717) is 29.2 Å². The first-order chi connectivity index (χ1) is 9.53. The van der Waals surface area contributed by atoms with E-state index in [9.17, 15) is 9.90 Å². The Labute approximate surface area is 117 Å². The highest BCUT2D eigenvalue weighted by molar-refractivity contribution is 5.78. The number of carboxylic acids is 1. The molecule has 0 aliphatic carbocycles. The summed E-state index contributed by atoms with van der Waals surface area (Å²) in [5.41, 5.74) is 1.51. The van der Waals surface area contributed by atoms with Crippen molar-refractivity contribution < 1.29 is 24.1 Å². The summed E-state index contributed by atoms with van der Waals surface area (Å²) < 4.78 is 16.0. The second-order valence-corrected chi connectivity index (χ2v) is 4.76. The number of ether oxygens (including phenoxy) is 3. The summed E-state index contributed by atoms with van der Waals surface area (Å²) in [6.45, 7) is 1.94. The number of methoxy groups -OCH3 is 3. The highest BCUT2D eigenvalue weighted by Gasteiger charge is 2.34. The maximum absolute atomic E-state index is 11.4. The van der Waals surface area contributed by atoms with Crippen molar-refractivity contribution in [2.45, 2.75) is 25.4 Å². The average Bonchev–Trinajstić information content (AvgIpc) is 2.43. The van der Waals surface area contributed by atoms with E-state index in [1.165, 1.54) is 14.2 Å². The van der Waals surface area contributed by atoms with Crippen molar-refractivity contribution in [1.82, 2.24) is 5.32 Å². The molecule has 20 heavy (non-hydrogen) atoms. The van der Waals surface area contributed by atoms with Gasteiger partial charge in [-0.05, 0) is 25.0 Å². The molecule has 6 heteroatoms. The van der Waals surface area contributed by atoms with Gasteiger partial charge in [-0.25, -0.2) is 0 Å². The molecule has 0 fully saturated rings. The van der Waals surface area contributed by atoms with E-state index in [0.717, 1.165) is 5.56 Å². The molecule has 110 valence electrons. The van der Waals surface area contributed by atoms with Crippen molar-refractivity contribution in [1.29, 1.82) is 0 Å². The number of carboxylic acid groups (broad SMARTS) is 1. The Morgan fingerprint density at radius 1 is 1.25 bits per heavy atom. The van der Waals surface area contributed by atoms with Gasteiger partial charge in [-0.2, -0.15) is 0 Å². The molecule has 2 N–H and O–H groups in total. The van der Waals surface area contributed by atoms with Gasteiger partial charge < -0.3 is 19.3 Å². The molecule has 0 spiro atoms. The lowest BCUT2D eigenvalue weighted by Crippen LogP contribution is -2.41. The predicted octanol–water partition coefficient (Wildman–Crippen LogP) is 1.37. The van der Waals surface area contributed by atoms with Crippen molar-refractivity contribution in [2.75, 3.05) is 21.3 Å². The van der Waals surface area contributed by atoms with Crippen LogP contribution in [0, 0.1) is 0 Å². The number of fused-ring (bicyclic) bond motifs is 1. The van der Waals surface area contributed by atoms with Crippen molar-refractivity contribution in [3.05, 3.63) is 17.2 Å². The van der Waals surface area contributed by atoms with Gasteiger partial charge in [0.15, 0.2) is 11.5 Å². The van der Waals surface area contributed by atoms with Crippen LogP contribution in [0.3, 0.4) is 0 Å². The molecule has 1 heterocycles. The fraction of sp³-hybridized carbons (Fsp3) is 0.500. The molecule has 0 saturated heterocycles. The maximum atomic E-state index is 11.4. The van der Waals surface area contributed by atoms with E-state index in [1.807, 2.05) is 6.92 Å². The predicted molar refractivity (Wildman–Crippen MR) is 72.8 cm³/mol. The molecule has 1 aromatic rings. The fourth-order valence-corrected chi connectivity index (χ4v) is 2.65. The van der Waals surface area contributed by atoms with Crippen molar-refractivity contribution in [2.24, 2.45) is 0 Å². The van der Waals surface area contributed by atoms with Crippen LogP contribution in [0.1, 0.15) is 24.1 Å². The molecular weight excluding hydrogens is 262 g/mol. The standard InChI is InChI=1S/C14H19NO5/c1-7-5-9-8(11(15-7)14(16)17)6-10(18-2)13(20-4)12(9)19-3/h6-7,11,15H,5H2,1-4H3,(H,16,17). The number of aliphatic carboxylic acids is 1. The molecule has 2 atom stereocenters. The van der Waals surface area contributed by atoms with Crippen LogP contribution in [-0.4, -0.2) is 38.4 Å². The summed E-state index contributed by atoms with van der Waals surface area (Å²) in [5, 5.41) is 12.4. The van der Waals surface area contributed by atoms with Crippen LogP contribution in [-0.2, 0) is 11.2 Å². The van der Waals surface area contributed by atoms with Gasteiger partial charge in [-0.15, -0.1) is 0 Å². The van der Waals surface area contributed by atoms with Gasteiger partial charge in [0, 0.05) is 11.6 Å². The quantitative estimate of drug-likeness (QED) is 0.868. The first-order valence-corrected chi connectivity index (χ1v) is 6.34. The van der Waals surface area contributed by atoms with E-state index in [4.69, 9.17) is 14.2 Å². The summed E-state index contributed by atoms with van der Waals surface area (Å²) in [5.74, 6) is 0.575. The summed E-state index contributed by atoms with van der Waals surface area (Å²) in [7, 11) is 4.59. The third kappa shape index (κ3) is 2.27. The van der Waals surface area contributed by atoms with E-state index >= 15 is 0 Å². The van der Waals surface area contributed by atoms with Gasteiger partial charge in [-0.1, -0.05) is 0 Å². The molecule has 0 radical (unpaired) electrons. The Kier molecular flexibility index (Phi) is 4.04. The minimum Gasteiger partial charge on any atom is -0.493 e. The molecule has 6 nitrogen and oxygen atoms in total. The van der Waals surface area contributed by atoms with Crippen LogP contribution in [0.15, 0.2) is 6.07 Å². The third-order valence-electron chi connectivity index (χ3n) is 3.49. The number of rotatable bonds is 4. The second-order valence-electron chi connectivity index (χ2n) is 4.76. The number of hydrogen-bond acceptors (Lipinski definition) is 5. The molecule has 0 saturated carbocycles. The van der Waals surface area contributed by atoms with Gasteiger partial charge in [0.05, 0.1) is 21.3 Å².